The number of piperazine rings is 1. The van der Waals surface area contributed by atoms with Gasteiger partial charge in [0.1, 0.15) is 12.2 Å². The van der Waals surface area contributed by atoms with Gasteiger partial charge in [-0.2, -0.15) is 23.3 Å². The summed E-state index contributed by atoms with van der Waals surface area (Å²) in [5.41, 5.74) is 0.741. The SMILES string of the molecule is C[C@@H]1CN(c2ccnc(Nc3cnn(C)c3)n2)CCN1C(=O)CC(F)(F)F. The van der Waals surface area contributed by atoms with Gasteiger partial charge in [-0.25, -0.2) is 4.98 Å². The van der Waals surface area contributed by atoms with Crippen molar-refractivity contribution in [2.24, 2.45) is 7.05 Å². The van der Waals surface area contributed by atoms with Gasteiger partial charge < -0.3 is 15.1 Å². The van der Waals surface area contributed by atoms with Crippen molar-refractivity contribution in [1.82, 2.24) is 24.6 Å². The Bertz CT molecular complexity index is 807. The van der Waals surface area contributed by atoms with E-state index in [2.05, 4.69) is 20.4 Å². The first kappa shape index (κ1) is 18.9. The number of hydrogen-bond donors (Lipinski definition) is 1. The molecule has 1 fully saturated rings. The van der Waals surface area contributed by atoms with E-state index in [0.717, 1.165) is 5.69 Å². The second kappa shape index (κ2) is 7.41. The van der Waals surface area contributed by atoms with Crippen molar-refractivity contribution in [3.63, 3.8) is 0 Å². The smallest absolute Gasteiger partial charge is 0.353 e. The van der Waals surface area contributed by atoms with Crippen LogP contribution in [0.15, 0.2) is 24.7 Å². The van der Waals surface area contributed by atoms with Crippen molar-refractivity contribution >= 4 is 23.4 Å². The van der Waals surface area contributed by atoms with Crippen molar-refractivity contribution in [2.45, 2.75) is 25.6 Å². The molecule has 1 amide bonds. The van der Waals surface area contributed by atoms with Crippen LogP contribution in [0.5, 0.6) is 0 Å². The van der Waals surface area contributed by atoms with E-state index >= 15 is 0 Å². The van der Waals surface area contributed by atoms with Crippen LogP contribution in [0.1, 0.15) is 13.3 Å². The molecule has 8 nitrogen and oxygen atoms in total. The first-order valence-electron chi connectivity index (χ1n) is 8.41. The number of amides is 1. The van der Waals surface area contributed by atoms with E-state index in [9.17, 15) is 18.0 Å². The molecule has 0 saturated carbocycles. The fourth-order valence-electron chi connectivity index (χ4n) is 3.01. The van der Waals surface area contributed by atoms with Crippen molar-refractivity contribution in [3.05, 3.63) is 24.7 Å². The third-order valence-electron chi connectivity index (χ3n) is 4.23. The lowest BCUT2D eigenvalue weighted by molar-refractivity contribution is -0.163. The Morgan fingerprint density at radius 3 is 2.78 bits per heavy atom. The maximum absolute atomic E-state index is 12.5. The van der Waals surface area contributed by atoms with Crippen LogP contribution in [0.3, 0.4) is 0 Å². The summed E-state index contributed by atoms with van der Waals surface area (Å²) in [6.07, 6.45) is -0.892. The minimum Gasteiger partial charge on any atom is -0.353 e. The minimum absolute atomic E-state index is 0.214. The van der Waals surface area contributed by atoms with E-state index in [0.29, 0.717) is 24.9 Å². The van der Waals surface area contributed by atoms with Gasteiger partial charge in [0.2, 0.25) is 11.9 Å². The lowest BCUT2D eigenvalue weighted by Crippen LogP contribution is -2.54. The Kier molecular flexibility index (Phi) is 5.19. The number of nitrogens with one attached hydrogen (secondary N) is 1. The van der Waals surface area contributed by atoms with Gasteiger partial charge >= 0.3 is 6.18 Å². The fourth-order valence-corrected chi connectivity index (χ4v) is 3.01. The maximum Gasteiger partial charge on any atom is 0.397 e. The summed E-state index contributed by atoms with van der Waals surface area (Å²) in [4.78, 5) is 23.7. The normalized spacial score (nSPS) is 17.9. The Hall–Kier alpha value is -2.85. The van der Waals surface area contributed by atoms with Gasteiger partial charge in [-0.3, -0.25) is 9.48 Å². The van der Waals surface area contributed by atoms with E-state index < -0.39 is 18.5 Å². The Morgan fingerprint density at radius 2 is 2.15 bits per heavy atom. The summed E-state index contributed by atoms with van der Waals surface area (Å²) in [5.74, 6) is 0.145. The van der Waals surface area contributed by atoms with Crippen LogP contribution in [-0.2, 0) is 11.8 Å². The van der Waals surface area contributed by atoms with Gasteiger partial charge in [-0.1, -0.05) is 0 Å². The summed E-state index contributed by atoms with van der Waals surface area (Å²) in [7, 11) is 1.80. The standard InChI is InChI=1S/C16H20F3N7O/c1-11-9-25(5-6-26(11)14(27)7-16(17,18)19)13-3-4-20-15(23-13)22-12-8-21-24(2)10-12/h3-4,8,10-11H,5-7,9H2,1-2H3,(H,20,22,23)/t11-/m1/s1. The van der Waals surface area contributed by atoms with E-state index in [-0.39, 0.29) is 12.6 Å². The molecule has 27 heavy (non-hydrogen) atoms. The molecule has 0 aromatic carbocycles. The third-order valence-corrected chi connectivity index (χ3v) is 4.23. The van der Waals surface area contributed by atoms with E-state index in [1.54, 1.807) is 43.3 Å². The zero-order valence-corrected chi connectivity index (χ0v) is 14.9. The molecule has 0 unspecified atom stereocenters. The third kappa shape index (κ3) is 4.86. The van der Waals surface area contributed by atoms with Crippen LogP contribution in [0.25, 0.3) is 0 Å². The highest BCUT2D eigenvalue weighted by Gasteiger charge is 2.36. The summed E-state index contributed by atoms with van der Waals surface area (Å²) in [6.45, 7) is 2.74. The number of anilines is 3. The fraction of sp³-hybridized carbons (Fsp3) is 0.500. The quantitative estimate of drug-likeness (QED) is 0.869. The monoisotopic (exact) mass is 383 g/mol. The van der Waals surface area contributed by atoms with Gasteiger partial charge in [0, 0.05) is 45.1 Å². The Balaban J connectivity index is 1.65. The molecule has 3 rings (SSSR count). The lowest BCUT2D eigenvalue weighted by atomic mass is 10.1. The first-order valence-corrected chi connectivity index (χ1v) is 8.41. The highest BCUT2D eigenvalue weighted by molar-refractivity contribution is 5.77. The number of aryl methyl sites for hydroxylation is 1. The zero-order valence-electron chi connectivity index (χ0n) is 14.9. The van der Waals surface area contributed by atoms with Gasteiger partial charge in [0.05, 0.1) is 11.9 Å². The molecule has 2 aromatic rings. The number of halogens is 3. The number of carbonyl (C=O) groups is 1. The van der Waals surface area contributed by atoms with Crippen molar-refractivity contribution in [3.8, 4) is 0 Å². The highest BCUT2D eigenvalue weighted by Crippen LogP contribution is 2.24. The summed E-state index contributed by atoms with van der Waals surface area (Å²) >= 11 is 0. The van der Waals surface area contributed by atoms with Gasteiger partial charge in [0.25, 0.3) is 0 Å². The molecule has 0 bridgehead atoms. The summed E-state index contributed by atoms with van der Waals surface area (Å²) < 4.78 is 39.0. The molecule has 1 N–H and O–H groups in total. The Labute approximate surface area is 154 Å². The zero-order chi connectivity index (χ0) is 19.6. The van der Waals surface area contributed by atoms with Gasteiger partial charge in [-0.15, -0.1) is 0 Å². The van der Waals surface area contributed by atoms with Crippen LogP contribution in [-0.4, -0.2) is 62.4 Å². The number of nitrogens with zero attached hydrogens (tertiary/aromatic N) is 6. The summed E-state index contributed by atoms with van der Waals surface area (Å²) in [6, 6.07) is 1.38. The molecule has 0 spiro atoms. The van der Waals surface area contributed by atoms with E-state index in [1.165, 1.54) is 4.90 Å². The predicted octanol–water partition coefficient (Wildman–Crippen LogP) is 1.94. The molecule has 1 saturated heterocycles. The largest absolute Gasteiger partial charge is 0.397 e. The number of hydrogen-bond acceptors (Lipinski definition) is 6. The molecule has 146 valence electrons. The molecular formula is C16H20F3N7O. The second-order valence-electron chi connectivity index (χ2n) is 6.44. The number of aromatic nitrogens is 4. The molecular weight excluding hydrogens is 363 g/mol. The van der Waals surface area contributed by atoms with Gasteiger partial charge in [0.15, 0.2) is 0 Å². The highest BCUT2D eigenvalue weighted by atomic mass is 19.4. The van der Waals surface area contributed by atoms with Crippen molar-refractivity contribution in [1.29, 1.82) is 0 Å². The molecule has 1 aliphatic rings. The van der Waals surface area contributed by atoms with Gasteiger partial charge in [-0.05, 0) is 13.0 Å². The predicted molar refractivity (Wildman–Crippen MR) is 92.6 cm³/mol. The molecule has 11 heteroatoms. The molecule has 0 aliphatic carbocycles. The van der Waals surface area contributed by atoms with Crippen LogP contribution in [0, 0.1) is 0 Å². The molecule has 1 atom stereocenters. The molecule has 2 aromatic heterocycles. The topological polar surface area (TPSA) is 79.2 Å². The molecule has 0 radical (unpaired) electrons. The van der Waals surface area contributed by atoms with Crippen LogP contribution >= 0.6 is 0 Å². The number of alkyl halides is 3. The Morgan fingerprint density at radius 1 is 1.37 bits per heavy atom. The lowest BCUT2D eigenvalue weighted by Gasteiger charge is -2.40. The average molecular weight is 383 g/mol. The number of rotatable bonds is 4. The second-order valence-corrected chi connectivity index (χ2v) is 6.44. The molecule has 3 heterocycles. The number of carbonyl (C=O) groups excluding carboxylic acids is 1. The average Bonchev–Trinajstić information content (AvgIpc) is 2.98. The van der Waals surface area contributed by atoms with Crippen molar-refractivity contribution in [2.75, 3.05) is 29.9 Å². The maximum atomic E-state index is 12.5. The van der Waals surface area contributed by atoms with Crippen LogP contribution in [0.4, 0.5) is 30.6 Å². The van der Waals surface area contributed by atoms with Crippen LogP contribution < -0.4 is 10.2 Å². The summed E-state index contributed by atoms with van der Waals surface area (Å²) in [5, 5.41) is 7.10. The first-order chi connectivity index (χ1) is 12.7. The van der Waals surface area contributed by atoms with Crippen LogP contribution in [0.2, 0.25) is 0 Å². The van der Waals surface area contributed by atoms with E-state index in [4.69, 9.17) is 0 Å². The molecule has 1 aliphatic heterocycles. The van der Waals surface area contributed by atoms with Crippen molar-refractivity contribution < 1.29 is 18.0 Å². The van der Waals surface area contributed by atoms with E-state index in [1.807, 2.05) is 4.90 Å². The minimum atomic E-state index is -4.49.